The van der Waals surface area contributed by atoms with E-state index in [4.69, 9.17) is 0 Å². The third kappa shape index (κ3) is 2.16. The summed E-state index contributed by atoms with van der Waals surface area (Å²) in [5, 5.41) is 6.04. The Labute approximate surface area is 122 Å². The van der Waals surface area contributed by atoms with E-state index in [9.17, 15) is 4.79 Å². The quantitative estimate of drug-likeness (QED) is 0.941. The van der Waals surface area contributed by atoms with Crippen LogP contribution >= 0.6 is 11.3 Å². The molecule has 1 N–H and O–H groups in total. The fourth-order valence-electron chi connectivity index (χ4n) is 2.87. The Morgan fingerprint density at radius 1 is 1.40 bits per heavy atom. The molecule has 0 atom stereocenters. The maximum absolute atomic E-state index is 12.6. The molecule has 0 radical (unpaired) electrons. The molecule has 0 aliphatic heterocycles. The summed E-state index contributed by atoms with van der Waals surface area (Å²) >= 11 is 1.55. The van der Waals surface area contributed by atoms with Gasteiger partial charge in [-0.05, 0) is 44.7 Å². The SMILES string of the molecule is CCNc1nc(-c2cc3c(n(CC)c2=O)CCC3)cs1. The zero-order chi connectivity index (χ0) is 14.1. The number of nitrogens with zero attached hydrogens (tertiary/aromatic N) is 2. The number of fused-ring (bicyclic) bond motifs is 1. The Bertz CT molecular complexity index is 687. The Balaban J connectivity index is 2.11. The molecule has 20 heavy (non-hydrogen) atoms. The summed E-state index contributed by atoms with van der Waals surface area (Å²) in [6.07, 6.45) is 3.25. The van der Waals surface area contributed by atoms with Gasteiger partial charge < -0.3 is 9.88 Å². The molecular formula is C15H19N3OS. The number of thiazole rings is 1. The highest BCUT2D eigenvalue weighted by Crippen LogP contribution is 2.27. The van der Waals surface area contributed by atoms with Crippen LogP contribution < -0.4 is 10.9 Å². The molecule has 0 saturated carbocycles. The molecule has 0 amide bonds. The summed E-state index contributed by atoms with van der Waals surface area (Å²) in [7, 11) is 0. The molecule has 0 fully saturated rings. The summed E-state index contributed by atoms with van der Waals surface area (Å²) < 4.78 is 1.92. The Kier molecular flexibility index (Phi) is 3.61. The largest absolute Gasteiger partial charge is 0.362 e. The highest BCUT2D eigenvalue weighted by molar-refractivity contribution is 7.14. The summed E-state index contributed by atoms with van der Waals surface area (Å²) in [5.41, 5.74) is 4.19. The topological polar surface area (TPSA) is 46.9 Å². The summed E-state index contributed by atoms with van der Waals surface area (Å²) in [6.45, 7) is 5.66. The van der Waals surface area contributed by atoms with Gasteiger partial charge in [-0.1, -0.05) is 0 Å². The number of pyridine rings is 1. The van der Waals surface area contributed by atoms with Crippen molar-refractivity contribution < 1.29 is 0 Å². The standard InChI is InChI=1S/C15H19N3OS/c1-3-16-15-17-12(9-20-15)11-8-10-6-5-7-13(10)18(4-2)14(11)19/h8-9H,3-7H2,1-2H3,(H,16,17). The number of rotatable bonds is 4. The normalized spacial score (nSPS) is 13.5. The first-order chi connectivity index (χ1) is 9.74. The van der Waals surface area contributed by atoms with Crippen molar-refractivity contribution in [2.45, 2.75) is 39.7 Å². The van der Waals surface area contributed by atoms with E-state index >= 15 is 0 Å². The van der Waals surface area contributed by atoms with Gasteiger partial charge >= 0.3 is 0 Å². The van der Waals surface area contributed by atoms with E-state index in [1.54, 1.807) is 11.3 Å². The van der Waals surface area contributed by atoms with E-state index in [2.05, 4.69) is 16.4 Å². The highest BCUT2D eigenvalue weighted by atomic mass is 32.1. The van der Waals surface area contributed by atoms with Crippen molar-refractivity contribution in [2.24, 2.45) is 0 Å². The van der Waals surface area contributed by atoms with Crippen molar-refractivity contribution in [3.63, 3.8) is 0 Å². The van der Waals surface area contributed by atoms with Gasteiger partial charge in [-0.15, -0.1) is 11.3 Å². The number of anilines is 1. The van der Waals surface area contributed by atoms with Crippen molar-refractivity contribution in [1.29, 1.82) is 0 Å². The number of nitrogens with one attached hydrogen (secondary N) is 1. The van der Waals surface area contributed by atoms with E-state index in [1.807, 2.05) is 23.8 Å². The molecule has 2 aromatic rings. The van der Waals surface area contributed by atoms with Gasteiger partial charge in [0.15, 0.2) is 5.13 Å². The van der Waals surface area contributed by atoms with E-state index < -0.39 is 0 Å². The second kappa shape index (κ2) is 5.40. The van der Waals surface area contributed by atoms with Crippen molar-refractivity contribution in [2.75, 3.05) is 11.9 Å². The second-order valence-corrected chi connectivity index (χ2v) is 5.86. The minimum atomic E-state index is 0.0986. The van der Waals surface area contributed by atoms with E-state index in [0.29, 0.717) is 0 Å². The average molecular weight is 289 g/mol. The number of aromatic nitrogens is 2. The van der Waals surface area contributed by atoms with Gasteiger partial charge in [0.1, 0.15) is 0 Å². The molecule has 3 rings (SSSR count). The molecule has 0 aromatic carbocycles. The highest BCUT2D eigenvalue weighted by Gasteiger charge is 2.20. The van der Waals surface area contributed by atoms with E-state index in [1.165, 1.54) is 11.3 Å². The summed E-state index contributed by atoms with van der Waals surface area (Å²) in [4.78, 5) is 17.2. The first kappa shape index (κ1) is 13.4. The van der Waals surface area contributed by atoms with Crippen molar-refractivity contribution in [3.05, 3.63) is 33.1 Å². The lowest BCUT2D eigenvalue weighted by molar-refractivity contribution is 0.683. The van der Waals surface area contributed by atoms with Crippen molar-refractivity contribution >= 4 is 16.5 Å². The number of hydrogen-bond donors (Lipinski definition) is 1. The molecule has 5 heteroatoms. The first-order valence-corrected chi connectivity index (χ1v) is 8.08. The van der Waals surface area contributed by atoms with Gasteiger partial charge in [-0.25, -0.2) is 4.98 Å². The Hall–Kier alpha value is -1.62. The molecule has 1 aliphatic rings. The molecule has 0 unspecified atom stereocenters. The van der Waals surface area contributed by atoms with Gasteiger partial charge in [0, 0.05) is 24.2 Å². The molecule has 2 aromatic heterocycles. The fourth-order valence-corrected chi connectivity index (χ4v) is 3.65. The third-order valence-corrected chi connectivity index (χ3v) is 4.57. The molecule has 0 saturated heterocycles. The monoisotopic (exact) mass is 289 g/mol. The van der Waals surface area contributed by atoms with Crippen LogP contribution in [0.1, 0.15) is 31.5 Å². The lowest BCUT2D eigenvalue weighted by Gasteiger charge is -2.11. The average Bonchev–Trinajstić information content (AvgIpc) is 3.07. The van der Waals surface area contributed by atoms with Gasteiger partial charge in [0.05, 0.1) is 11.3 Å². The zero-order valence-corrected chi connectivity index (χ0v) is 12.7. The second-order valence-electron chi connectivity index (χ2n) is 5.00. The van der Waals surface area contributed by atoms with Crippen LogP contribution in [0.3, 0.4) is 0 Å². The zero-order valence-electron chi connectivity index (χ0n) is 11.9. The third-order valence-electron chi connectivity index (χ3n) is 3.77. The van der Waals surface area contributed by atoms with Crippen LogP contribution in [0, 0.1) is 0 Å². The summed E-state index contributed by atoms with van der Waals surface area (Å²) in [5.74, 6) is 0. The van der Waals surface area contributed by atoms with E-state index in [-0.39, 0.29) is 5.56 Å². The van der Waals surface area contributed by atoms with Gasteiger partial charge in [-0.3, -0.25) is 4.79 Å². The summed E-state index contributed by atoms with van der Waals surface area (Å²) in [6, 6.07) is 2.06. The van der Waals surface area contributed by atoms with Crippen LogP contribution in [0.5, 0.6) is 0 Å². The predicted octanol–water partition coefficient (Wildman–Crippen LogP) is 2.91. The first-order valence-electron chi connectivity index (χ1n) is 7.20. The molecule has 0 spiro atoms. The van der Waals surface area contributed by atoms with Crippen LogP contribution in [0.15, 0.2) is 16.2 Å². The number of hydrogen-bond acceptors (Lipinski definition) is 4. The molecule has 2 heterocycles. The minimum absolute atomic E-state index is 0.0986. The fraction of sp³-hybridized carbons (Fsp3) is 0.467. The lowest BCUT2D eigenvalue weighted by atomic mass is 10.1. The van der Waals surface area contributed by atoms with Crippen LogP contribution in [0.25, 0.3) is 11.3 Å². The van der Waals surface area contributed by atoms with Gasteiger partial charge in [0.25, 0.3) is 5.56 Å². The molecule has 106 valence electrons. The minimum Gasteiger partial charge on any atom is -0.362 e. The molecule has 4 nitrogen and oxygen atoms in total. The Morgan fingerprint density at radius 2 is 2.25 bits per heavy atom. The molecular weight excluding hydrogens is 270 g/mol. The number of aryl methyl sites for hydroxylation is 1. The molecule has 1 aliphatic carbocycles. The predicted molar refractivity (Wildman–Crippen MR) is 83.7 cm³/mol. The van der Waals surface area contributed by atoms with Crippen molar-refractivity contribution in [1.82, 2.24) is 9.55 Å². The maximum atomic E-state index is 12.6. The van der Waals surface area contributed by atoms with Crippen LogP contribution in [0.4, 0.5) is 5.13 Å². The Morgan fingerprint density at radius 3 is 3.00 bits per heavy atom. The van der Waals surface area contributed by atoms with Gasteiger partial charge in [0.2, 0.25) is 0 Å². The van der Waals surface area contributed by atoms with Crippen LogP contribution in [0.2, 0.25) is 0 Å². The van der Waals surface area contributed by atoms with Crippen LogP contribution in [-0.2, 0) is 19.4 Å². The van der Waals surface area contributed by atoms with Crippen LogP contribution in [-0.4, -0.2) is 16.1 Å². The lowest BCUT2D eigenvalue weighted by Crippen LogP contribution is -2.24. The maximum Gasteiger partial charge on any atom is 0.260 e. The van der Waals surface area contributed by atoms with E-state index in [0.717, 1.165) is 48.7 Å². The smallest absolute Gasteiger partial charge is 0.260 e. The van der Waals surface area contributed by atoms with Crippen molar-refractivity contribution in [3.8, 4) is 11.3 Å². The van der Waals surface area contributed by atoms with Gasteiger partial charge in [-0.2, -0.15) is 0 Å². The molecule has 0 bridgehead atoms.